The van der Waals surface area contributed by atoms with Gasteiger partial charge in [-0.25, -0.2) is 0 Å². The zero-order valence-electron chi connectivity index (χ0n) is 14.3. The first-order valence-electron chi connectivity index (χ1n) is 8.82. The molecule has 0 saturated carbocycles. The number of hydrogen-bond donors (Lipinski definition) is 1. The third kappa shape index (κ3) is 3.59. The Labute approximate surface area is 139 Å². The molecule has 4 nitrogen and oxygen atoms in total. The fraction of sp³-hybridized carbons (Fsp3) is 0.632. The average Bonchev–Trinajstić information content (AvgIpc) is 3.12. The Balaban J connectivity index is 1.64. The van der Waals surface area contributed by atoms with Gasteiger partial charge < -0.3 is 10.0 Å². The van der Waals surface area contributed by atoms with E-state index in [4.69, 9.17) is 0 Å². The SMILES string of the molecule is Cc1cccc(C2CCCN2CC(O)CN2CCCC2=O)c1C. The molecule has 0 bridgehead atoms. The number of hydrogen-bond acceptors (Lipinski definition) is 3. The number of carbonyl (C=O) groups is 1. The Kier molecular flexibility index (Phi) is 5.02. The minimum absolute atomic E-state index is 0.191. The third-order valence-corrected chi connectivity index (χ3v) is 5.42. The van der Waals surface area contributed by atoms with Gasteiger partial charge in [-0.2, -0.15) is 0 Å². The Morgan fingerprint density at radius 2 is 2.04 bits per heavy atom. The van der Waals surface area contributed by atoms with E-state index in [0.717, 1.165) is 25.9 Å². The summed E-state index contributed by atoms with van der Waals surface area (Å²) < 4.78 is 0. The molecule has 0 aliphatic carbocycles. The summed E-state index contributed by atoms with van der Waals surface area (Å²) in [6.07, 6.45) is 3.44. The lowest BCUT2D eigenvalue weighted by molar-refractivity contribution is -0.129. The topological polar surface area (TPSA) is 43.8 Å². The smallest absolute Gasteiger partial charge is 0.222 e. The van der Waals surface area contributed by atoms with Gasteiger partial charge in [0, 0.05) is 32.1 Å². The standard InChI is InChI=1S/C19H28N2O2/c1-14-6-3-7-17(15(14)2)18-8-4-10-20(18)12-16(22)13-21-11-5-9-19(21)23/h3,6-7,16,18,22H,4-5,8-13H2,1-2H3. The minimum Gasteiger partial charge on any atom is -0.390 e. The van der Waals surface area contributed by atoms with Gasteiger partial charge in [0.25, 0.3) is 0 Å². The number of rotatable bonds is 5. The van der Waals surface area contributed by atoms with Crippen LogP contribution in [0, 0.1) is 13.8 Å². The van der Waals surface area contributed by atoms with E-state index in [-0.39, 0.29) is 5.91 Å². The van der Waals surface area contributed by atoms with Gasteiger partial charge in [-0.3, -0.25) is 9.69 Å². The molecule has 1 N–H and O–H groups in total. The molecule has 2 saturated heterocycles. The molecular formula is C19H28N2O2. The largest absolute Gasteiger partial charge is 0.390 e. The summed E-state index contributed by atoms with van der Waals surface area (Å²) >= 11 is 0. The Morgan fingerprint density at radius 1 is 1.22 bits per heavy atom. The second kappa shape index (κ2) is 7.02. The van der Waals surface area contributed by atoms with Crippen LogP contribution in [0.25, 0.3) is 0 Å². The molecule has 126 valence electrons. The van der Waals surface area contributed by atoms with Crippen LogP contribution in [-0.4, -0.2) is 53.1 Å². The summed E-state index contributed by atoms with van der Waals surface area (Å²) in [5.41, 5.74) is 4.10. The maximum absolute atomic E-state index is 11.7. The number of aliphatic hydroxyl groups excluding tert-OH is 1. The number of benzene rings is 1. The van der Waals surface area contributed by atoms with E-state index in [0.29, 0.717) is 25.6 Å². The number of carbonyl (C=O) groups excluding carboxylic acids is 1. The fourth-order valence-corrected chi connectivity index (χ4v) is 4.01. The average molecular weight is 316 g/mol. The van der Waals surface area contributed by atoms with Crippen LogP contribution in [0.4, 0.5) is 0 Å². The summed E-state index contributed by atoms with van der Waals surface area (Å²) in [6.45, 7) is 7.32. The molecule has 3 rings (SSSR count). The van der Waals surface area contributed by atoms with E-state index >= 15 is 0 Å². The molecule has 2 atom stereocenters. The van der Waals surface area contributed by atoms with Crippen LogP contribution in [0.2, 0.25) is 0 Å². The van der Waals surface area contributed by atoms with E-state index in [1.807, 2.05) is 4.90 Å². The van der Waals surface area contributed by atoms with E-state index in [1.54, 1.807) is 0 Å². The summed E-state index contributed by atoms with van der Waals surface area (Å²) in [6, 6.07) is 6.92. The summed E-state index contributed by atoms with van der Waals surface area (Å²) in [5.74, 6) is 0.191. The molecule has 2 aliphatic heterocycles. The molecule has 2 fully saturated rings. The second-order valence-corrected chi connectivity index (χ2v) is 7.04. The molecule has 23 heavy (non-hydrogen) atoms. The van der Waals surface area contributed by atoms with Gasteiger partial charge >= 0.3 is 0 Å². The summed E-state index contributed by atoms with van der Waals surface area (Å²) in [4.78, 5) is 15.9. The number of aryl methyl sites for hydroxylation is 1. The molecule has 1 aromatic carbocycles. The molecule has 1 aromatic rings. The zero-order valence-corrected chi connectivity index (χ0v) is 14.3. The van der Waals surface area contributed by atoms with Gasteiger partial charge in [0.2, 0.25) is 5.91 Å². The van der Waals surface area contributed by atoms with Crippen LogP contribution >= 0.6 is 0 Å². The Bertz CT molecular complexity index is 572. The summed E-state index contributed by atoms with van der Waals surface area (Å²) in [7, 11) is 0. The van der Waals surface area contributed by atoms with Crippen molar-refractivity contribution in [1.82, 2.24) is 9.80 Å². The number of amides is 1. The first-order chi connectivity index (χ1) is 11.1. The quantitative estimate of drug-likeness (QED) is 0.907. The van der Waals surface area contributed by atoms with E-state index in [1.165, 1.54) is 23.1 Å². The van der Waals surface area contributed by atoms with Gasteiger partial charge in [0.15, 0.2) is 0 Å². The van der Waals surface area contributed by atoms with E-state index in [9.17, 15) is 9.90 Å². The number of likely N-dealkylation sites (tertiary alicyclic amines) is 2. The maximum atomic E-state index is 11.7. The molecule has 0 radical (unpaired) electrons. The van der Waals surface area contributed by atoms with Crippen molar-refractivity contribution in [2.24, 2.45) is 0 Å². The normalized spacial score (nSPS) is 23.7. The van der Waals surface area contributed by atoms with Crippen molar-refractivity contribution in [1.29, 1.82) is 0 Å². The van der Waals surface area contributed by atoms with Gasteiger partial charge in [0.1, 0.15) is 0 Å². The van der Waals surface area contributed by atoms with Crippen LogP contribution in [0.1, 0.15) is 48.4 Å². The lowest BCUT2D eigenvalue weighted by Gasteiger charge is -2.30. The van der Waals surface area contributed by atoms with Crippen molar-refractivity contribution in [3.05, 3.63) is 34.9 Å². The van der Waals surface area contributed by atoms with Crippen molar-refractivity contribution in [2.45, 2.75) is 51.7 Å². The molecule has 2 unspecified atom stereocenters. The number of β-amino-alcohol motifs (C(OH)–C–C–N with tert-alkyl or cyclic N) is 1. The number of nitrogens with zero attached hydrogens (tertiary/aromatic N) is 2. The Hall–Kier alpha value is -1.39. The van der Waals surface area contributed by atoms with Crippen molar-refractivity contribution >= 4 is 5.91 Å². The highest BCUT2D eigenvalue weighted by Gasteiger charge is 2.30. The van der Waals surface area contributed by atoms with Gasteiger partial charge in [-0.05, 0) is 56.3 Å². The summed E-state index contributed by atoms with van der Waals surface area (Å²) in [5, 5.41) is 10.4. The third-order valence-electron chi connectivity index (χ3n) is 5.42. The highest BCUT2D eigenvalue weighted by atomic mass is 16.3. The van der Waals surface area contributed by atoms with Crippen molar-refractivity contribution < 1.29 is 9.90 Å². The van der Waals surface area contributed by atoms with Crippen molar-refractivity contribution in [3.63, 3.8) is 0 Å². The molecule has 2 aliphatic rings. The van der Waals surface area contributed by atoms with Gasteiger partial charge in [0.05, 0.1) is 6.10 Å². The van der Waals surface area contributed by atoms with Crippen LogP contribution in [-0.2, 0) is 4.79 Å². The van der Waals surface area contributed by atoms with Crippen LogP contribution in [0.3, 0.4) is 0 Å². The highest BCUT2D eigenvalue weighted by Crippen LogP contribution is 2.34. The first-order valence-corrected chi connectivity index (χ1v) is 8.82. The zero-order chi connectivity index (χ0) is 16.4. The van der Waals surface area contributed by atoms with E-state index < -0.39 is 6.10 Å². The highest BCUT2D eigenvalue weighted by molar-refractivity contribution is 5.78. The van der Waals surface area contributed by atoms with Crippen LogP contribution < -0.4 is 0 Å². The molecule has 2 heterocycles. The van der Waals surface area contributed by atoms with Crippen molar-refractivity contribution in [2.75, 3.05) is 26.2 Å². The predicted octanol–water partition coefficient (Wildman–Crippen LogP) is 2.42. The molecule has 0 aromatic heterocycles. The van der Waals surface area contributed by atoms with Gasteiger partial charge in [-0.1, -0.05) is 18.2 Å². The van der Waals surface area contributed by atoms with Crippen molar-refractivity contribution in [3.8, 4) is 0 Å². The lowest BCUT2D eigenvalue weighted by atomic mass is 9.96. The monoisotopic (exact) mass is 316 g/mol. The van der Waals surface area contributed by atoms with Crippen LogP contribution in [0.5, 0.6) is 0 Å². The molecule has 0 spiro atoms. The molecule has 4 heteroatoms. The van der Waals surface area contributed by atoms with Crippen LogP contribution in [0.15, 0.2) is 18.2 Å². The number of aliphatic hydroxyl groups is 1. The first kappa shape index (κ1) is 16.5. The minimum atomic E-state index is -0.456. The predicted molar refractivity (Wildman–Crippen MR) is 91.3 cm³/mol. The molecular weight excluding hydrogens is 288 g/mol. The second-order valence-electron chi connectivity index (χ2n) is 7.04. The maximum Gasteiger partial charge on any atom is 0.222 e. The fourth-order valence-electron chi connectivity index (χ4n) is 4.01. The molecule has 1 amide bonds. The van der Waals surface area contributed by atoms with Gasteiger partial charge in [-0.15, -0.1) is 0 Å². The van der Waals surface area contributed by atoms with E-state index in [2.05, 4.69) is 36.9 Å². The lowest BCUT2D eigenvalue weighted by Crippen LogP contribution is -2.40. The Morgan fingerprint density at radius 3 is 2.78 bits per heavy atom.